The Kier molecular flexibility index (Phi) is 4.74. The fraction of sp³-hybridized carbons (Fsp3) is 0.438. The normalized spacial score (nSPS) is 19.9. The zero-order valence-electron chi connectivity index (χ0n) is 11.4. The molecule has 3 nitrogen and oxygen atoms in total. The number of likely N-dealkylation sites (tertiary alicyclic amines) is 1. The summed E-state index contributed by atoms with van der Waals surface area (Å²) in [7, 11) is 0. The van der Waals surface area contributed by atoms with Gasteiger partial charge in [0.2, 0.25) is 5.91 Å². The Bertz CT molecular complexity index is 450. The lowest BCUT2D eigenvalue weighted by Gasteiger charge is -2.29. The van der Waals surface area contributed by atoms with Crippen LogP contribution in [0.4, 0.5) is 0 Å². The van der Waals surface area contributed by atoms with Crippen molar-refractivity contribution in [3.8, 4) is 0 Å². The van der Waals surface area contributed by atoms with Crippen LogP contribution < -0.4 is 0 Å². The van der Waals surface area contributed by atoms with Crippen LogP contribution in [0, 0.1) is 0 Å². The largest absolute Gasteiger partial charge is 0.391 e. The van der Waals surface area contributed by atoms with Gasteiger partial charge >= 0.3 is 0 Å². The third-order valence-corrected chi connectivity index (χ3v) is 3.51. The standard InChI is InChI=1S/C16H21NO2/c1-2-13-5-7-14(8-6-13)9-10-16(19)17-11-3-4-15(18)12-17/h5-10,15,18H,2-4,11-12H2,1H3/b10-9+/t15-/m0/s1. The van der Waals surface area contributed by atoms with E-state index >= 15 is 0 Å². The molecule has 1 fully saturated rings. The zero-order valence-corrected chi connectivity index (χ0v) is 11.4. The predicted molar refractivity (Wildman–Crippen MR) is 76.7 cm³/mol. The Hall–Kier alpha value is -1.61. The predicted octanol–water partition coefficient (Wildman–Crippen LogP) is 2.25. The highest BCUT2D eigenvalue weighted by Gasteiger charge is 2.20. The van der Waals surface area contributed by atoms with Crippen molar-refractivity contribution in [2.45, 2.75) is 32.3 Å². The fourth-order valence-electron chi connectivity index (χ4n) is 2.29. The number of β-amino-alcohol motifs (C(OH)–C–C–N with tert-alkyl or cyclic N) is 1. The van der Waals surface area contributed by atoms with Crippen LogP contribution in [-0.2, 0) is 11.2 Å². The van der Waals surface area contributed by atoms with Crippen LogP contribution in [0.3, 0.4) is 0 Å². The topological polar surface area (TPSA) is 40.5 Å². The molecule has 1 atom stereocenters. The third-order valence-electron chi connectivity index (χ3n) is 3.51. The lowest BCUT2D eigenvalue weighted by Crippen LogP contribution is -2.41. The number of carbonyl (C=O) groups is 1. The summed E-state index contributed by atoms with van der Waals surface area (Å²) in [6.45, 7) is 3.32. The SMILES string of the molecule is CCc1ccc(/C=C/C(=O)N2CCC[C@H](O)C2)cc1. The summed E-state index contributed by atoms with van der Waals surface area (Å²) >= 11 is 0. The lowest BCUT2D eigenvalue weighted by molar-refractivity contribution is -0.128. The number of carbonyl (C=O) groups excluding carboxylic acids is 1. The first kappa shape index (κ1) is 13.8. The van der Waals surface area contributed by atoms with Crippen molar-refractivity contribution in [1.29, 1.82) is 0 Å². The monoisotopic (exact) mass is 259 g/mol. The molecule has 1 amide bonds. The molecule has 1 aliphatic heterocycles. The van der Waals surface area contributed by atoms with E-state index < -0.39 is 0 Å². The van der Waals surface area contributed by atoms with Gasteiger partial charge in [-0.25, -0.2) is 0 Å². The first-order chi connectivity index (χ1) is 9.19. The third kappa shape index (κ3) is 3.93. The number of aliphatic hydroxyl groups is 1. The van der Waals surface area contributed by atoms with Gasteiger partial charge < -0.3 is 10.0 Å². The molecular weight excluding hydrogens is 238 g/mol. The summed E-state index contributed by atoms with van der Waals surface area (Å²) < 4.78 is 0. The number of aryl methyl sites for hydroxylation is 1. The number of benzene rings is 1. The molecule has 0 aromatic heterocycles. The number of piperidine rings is 1. The highest BCUT2D eigenvalue weighted by atomic mass is 16.3. The van der Waals surface area contributed by atoms with E-state index in [2.05, 4.69) is 19.1 Å². The van der Waals surface area contributed by atoms with Gasteiger partial charge in [-0.2, -0.15) is 0 Å². The maximum atomic E-state index is 12.0. The highest BCUT2D eigenvalue weighted by molar-refractivity contribution is 5.91. The van der Waals surface area contributed by atoms with Crippen LogP contribution in [-0.4, -0.2) is 35.1 Å². The van der Waals surface area contributed by atoms with Gasteiger partial charge in [-0.15, -0.1) is 0 Å². The number of aliphatic hydroxyl groups excluding tert-OH is 1. The molecule has 1 aliphatic rings. The minimum Gasteiger partial charge on any atom is -0.391 e. The van der Waals surface area contributed by atoms with Crippen LogP contribution in [0.1, 0.15) is 30.9 Å². The second-order valence-electron chi connectivity index (χ2n) is 5.01. The summed E-state index contributed by atoms with van der Waals surface area (Å²) in [6, 6.07) is 8.20. The highest BCUT2D eigenvalue weighted by Crippen LogP contribution is 2.11. The summed E-state index contributed by atoms with van der Waals surface area (Å²) in [5.41, 5.74) is 2.32. The van der Waals surface area contributed by atoms with Gasteiger partial charge in [-0.3, -0.25) is 4.79 Å². The Labute approximate surface area is 114 Å². The molecule has 1 heterocycles. The van der Waals surface area contributed by atoms with E-state index in [0.29, 0.717) is 6.54 Å². The van der Waals surface area contributed by atoms with Crippen LogP contribution in [0.15, 0.2) is 30.3 Å². The molecule has 0 spiro atoms. The maximum absolute atomic E-state index is 12.0. The average Bonchev–Trinajstić information content (AvgIpc) is 2.45. The molecule has 0 aliphatic carbocycles. The quantitative estimate of drug-likeness (QED) is 0.846. The molecule has 0 radical (unpaired) electrons. The van der Waals surface area contributed by atoms with Crippen molar-refractivity contribution in [2.75, 3.05) is 13.1 Å². The van der Waals surface area contributed by atoms with Gasteiger partial charge in [-0.1, -0.05) is 31.2 Å². The zero-order chi connectivity index (χ0) is 13.7. The van der Waals surface area contributed by atoms with E-state index in [9.17, 15) is 9.90 Å². The van der Waals surface area contributed by atoms with Gasteiger partial charge in [-0.05, 0) is 36.5 Å². The van der Waals surface area contributed by atoms with Crippen LogP contribution >= 0.6 is 0 Å². The van der Waals surface area contributed by atoms with E-state index in [1.165, 1.54) is 5.56 Å². The minimum atomic E-state index is -0.366. The van der Waals surface area contributed by atoms with Gasteiger partial charge in [0.1, 0.15) is 0 Å². The second-order valence-corrected chi connectivity index (χ2v) is 5.01. The molecule has 0 saturated carbocycles. The number of hydrogen-bond donors (Lipinski definition) is 1. The van der Waals surface area contributed by atoms with Crippen molar-refractivity contribution in [3.05, 3.63) is 41.5 Å². The molecule has 0 bridgehead atoms. The first-order valence-corrected chi connectivity index (χ1v) is 6.93. The number of rotatable bonds is 3. The van der Waals surface area contributed by atoms with Crippen LogP contribution in [0.5, 0.6) is 0 Å². The van der Waals surface area contributed by atoms with E-state index in [0.717, 1.165) is 31.4 Å². The fourth-order valence-corrected chi connectivity index (χ4v) is 2.29. The molecule has 1 N–H and O–H groups in total. The molecule has 2 rings (SSSR count). The Morgan fingerprint density at radius 1 is 1.42 bits per heavy atom. The number of nitrogens with zero attached hydrogens (tertiary/aromatic N) is 1. The molecule has 3 heteroatoms. The Balaban J connectivity index is 1.95. The van der Waals surface area contributed by atoms with Crippen molar-refractivity contribution < 1.29 is 9.90 Å². The molecule has 19 heavy (non-hydrogen) atoms. The van der Waals surface area contributed by atoms with E-state index in [1.54, 1.807) is 11.0 Å². The minimum absolute atomic E-state index is 0.0154. The van der Waals surface area contributed by atoms with Gasteiger partial charge in [0, 0.05) is 19.2 Å². The Morgan fingerprint density at radius 3 is 2.79 bits per heavy atom. The van der Waals surface area contributed by atoms with E-state index in [4.69, 9.17) is 0 Å². The lowest BCUT2D eigenvalue weighted by atomic mass is 10.1. The van der Waals surface area contributed by atoms with E-state index in [1.807, 2.05) is 18.2 Å². The second kappa shape index (κ2) is 6.53. The van der Waals surface area contributed by atoms with Crippen molar-refractivity contribution in [2.24, 2.45) is 0 Å². The molecule has 1 aromatic rings. The van der Waals surface area contributed by atoms with Crippen LogP contribution in [0.25, 0.3) is 6.08 Å². The molecular formula is C16H21NO2. The summed E-state index contributed by atoms with van der Waals surface area (Å²) in [4.78, 5) is 13.7. The number of hydrogen-bond acceptors (Lipinski definition) is 2. The van der Waals surface area contributed by atoms with E-state index in [-0.39, 0.29) is 12.0 Å². The van der Waals surface area contributed by atoms with Gasteiger partial charge in [0.15, 0.2) is 0 Å². The van der Waals surface area contributed by atoms with Gasteiger partial charge in [0.25, 0.3) is 0 Å². The first-order valence-electron chi connectivity index (χ1n) is 6.93. The summed E-state index contributed by atoms with van der Waals surface area (Å²) in [5, 5.41) is 9.55. The average molecular weight is 259 g/mol. The Morgan fingerprint density at radius 2 is 2.16 bits per heavy atom. The van der Waals surface area contributed by atoms with Crippen molar-refractivity contribution in [1.82, 2.24) is 4.90 Å². The smallest absolute Gasteiger partial charge is 0.246 e. The maximum Gasteiger partial charge on any atom is 0.246 e. The number of amides is 1. The van der Waals surface area contributed by atoms with Crippen LogP contribution in [0.2, 0.25) is 0 Å². The molecule has 1 saturated heterocycles. The van der Waals surface area contributed by atoms with Crippen molar-refractivity contribution >= 4 is 12.0 Å². The van der Waals surface area contributed by atoms with Crippen molar-refractivity contribution in [3.63, 3.8) is 0 Å². The van der Waals surface area contributed by atoms with Gasteiger partial charge in [0.05, 0.1) is 6.10 Å². The molecule has 1 aromatic carbocycles. The molecule has 102 valence electrons. The summed E-state index contributed by atoms with van der Waals surface area (Å²) in [5.74, 6) is -0.0154. The molecule has 0 unspecified atom stereocenters. The summed E-state index contributed by atoms with van der Waals surface area (Å²) in [6.07, 6.45) is 5.77.